The van der Waals surface area contributed by atoms with Crippen molar-refractivity contribution in [3.63, 3.8) is 0 Å². The summed E-state index contributed by atoms with van der Waals surface area (Å²) in [7, 11) is 1.71. The monoisotopic (exact) mass is 255 g/mol. The van der Waals surface area contributed by atoms with Crippen LogP contribution < -0.4 is 5.32 Å². The number of hydrogen-bond donors (Lipinski definition) is 1. The first-order valence-corrected chi connectivity index (χ1v) is 6.58. The zero-order valence-electron chi connectivity index (χ0n) is 11.7. The maximum atomic E-state index is 5.36. The Hall–Kier alpha value is -0.910. The molecule has 0 aliphatic heterocycles. The average molecular weight is 255 g/mol. The maximum absolute atomic E-state index is 5.36. The molecule has 0 saturated heterocycles. The number of nitrogens with one attached hydrogen (secondary N) is 1. The molecule has 104 valence electrons. The Labute approximate surface area is 109 Å². The average Bonchev–Trinajstić information content (AvgIpc) is 2.72. The van der Waals surface area contributed by atoms with E-state index in [9.17, 15) is 0 Å². The van der Waals surface area contributed by atoms with Crippen LogP contribution in [0, 0.1) is 6.92 Å². The Kier molecular flexibility index (Phi) is 7.64. The number of aromatic nitrogens is 2. The summed E-state index contributed by atoms with van der Waals surface area (Å²) in [6.45, 7) is 9.05. The topological polar surface area (TPSA) is 48.3 Å². The third kappa shape index (κ3) is 5.16. The molecule has 0 amide bonds. The van der Waals surface area contributed by atoms with Gasteiger partial charge < -0.3 is 19.4 Å². The third-order valence-corrected chi connectivity index (χ3v) is 2.80. The van der Waals surface area contributed by atoms with Crippen molar-refractivity contribution < 1.29 is 9.47 Å². The van der Waals surface area contributed by atoms with E-state index < -0.39 is 0 Å². The SMILES string of the molecule is CCOCCCn1c(CNCCOC)cnc1C. The van der Waals surface area contributed by atoms with E-state index in [2.05, 4.69) is 14.9 Å². The van der Waals surface area contributed by atoms with Crippen molar-refractivity contribution in [3.8, 4) is 0 Å². The summed E-state index contributed by atoms with van der Waals surface area (Å²) >= 11 is 0. The molecule has 1 aromatic heterocycles. The van der Waals surface area contributed by atoms with Crippen LogP contribution in [0.25, 0.3) is 0 Å². The fourth-order valence-electron chi connectivity index (χ4n) is 1.82. The van der Waals surface area contributed by atoms with Gasteiger partial charge in [-0.3, -0.25) is 0 Å². The molecule has 0 unspecified atom stereocenters. The second kappa shape index (κ2) is 9.08. The highest BCUT2D eigenvalue weighted by atomic mass is 16.5. The summed E-state index contributed by atoms with van der Waals surface area (Å²) in [5.41, 5.74) is 1.22. The minimum absolute atomic E-state index is 0.734. The molecule has 0 saturated carbocycles. The van der Waals surface area contributed by atoms with Crippen LogP contribution in [0.1, 0.15) is 24.9 Å². The molecule has 0 aliphatic carbocycles. The van der Waals surface area contributed by atoms with E-state index in [4.69, 9.17) is 9.47 Å². The number of nitrogens with zero attached hydrogens (tertiary/aromatic N) is 2. The van der Waals surface area contributed by atoms with Crippen molar-refractivity contribution in [1.29, 1.82) is 0 Å². The van der Waals surface area contributed by atoms with Crippen LogP contribution in [0.3, 0.4) is 0 Å². The highest BCUT2D eigenvalue weighted by Crippen LogP contribution is 2.06. The highest BCUT2D eigenvalue weighted by molar-refractivity contribution is 5.04. The number of rotatable bonds is 10. The summed E-state index contributed by atoms with van der Waals surface area (Å²) in [5, 5.41) is 3.34. The lowest BCUT2D eigenvalue weighted by molar-refractivity contribution is 0.141. The molecule has 1 rings (SSSR count). The maximum Gasteiger partial charge on any atom is 0.105 e. The molecule has 0 aliphatic rings. The predicted molar refractivity (Wildman–Crippen MR) is 71.7 cm³/mol. The number of ether oxygens (including phenoxy) is 2. The van der Waals surface area contributed by atoms with Crippen molar-refractivity contribution in [1.82, 2.24) is 14.9 Å². The standard InChI is InChI=1S/C13H25N3O2/c1-4-18-8-5-7-16-12(2)15-11-13(16)10-14-6-9-17-3/h11,14H,4-10H2,1-3H3. The number of methoxy groups -OCH3 is 1. The molecule has 1 heterocycles. The van der Waals surface area contributed by atoms with Gasteiger partial charge in [0.25, 0.3) is 0 Å². The Morgan fingerprint density at radius 2 is 2.22 bits per heavy atom. The minimum Gasteiger partial charge on any atom is -0.383 e. The second-order valence-electron chi connectivity index (χ2n) is 4.17. The first-order chi connectivity index (χ1) is 8.79. The molecule has 0 spiro atoms. The van der Waals surface area contributed by atoms with E-state index in [1.807, 2.05) is 20.0 Å². The fourth-order valence-corrected chi connectivity index (χ4v) is 1.82. The van der Waals surface area contributed by atoms with Gasteiger partial charge in [0.05, 0.1) is 12.3 Å². The van der Waals surface area contributed by atoms with Crippen LogP contribution in [0.5, 0.6) is 0 Å². The van der Waals surface area contributed by atoms with Crippen molar-refractivity contribution in [2.45, 2.75) is 33.4 Å². The summed E-state index contributed by atoms with van der Waals surface area (Å²) in [4.78, 5) is 4.37. The number of hydrogen-bond acceptors (Lipinski definition) is 4. The van der Waals surface area contributed by atoms with Gasteiger partial charge in [0.15, 0.2) is 0 Å². The Morgan fingerprint density at radius 1 is 1.39 bits per heavy atom. The van der Waals surface area contributed by atoms with Gasteiger partial charge in [-0.2, -0.15) is 0 Å². The number of aryl methyl sites for hydroxylation is 1. The lowest BCUT2D eigenvalue weighted by Crippen LogP contribution is -2.21. The molecule has 1 N–H and O–H groups in total. The van der Waals surface area contributed by atoms with Crippen LogP contribution in [-0.2, 0) is 22.6 Å². The van der Waals surface area contributed by atoms with E-state index in [-0.39, 0.29) is 0 Å². The summed E-state index contributed by atoms with van der Waals surface area (Å²) in [5.74, 6) is 1.06. The van der Waals surface area contributed by atoms with Gasteiger partial charge in [-0.15, -0.1) is 0 Å². The normalized spacial score (nSPS) is 11.1. The Bertz CT molecular complexity index is 326. The highest BCUT2D eigenvalue weighted by Gasteiger charge is 2.05. The first-order valence-electron chi connectivity index (χ1n) is 6.58. The van der Waals surface area contributed by atoms with Crippen LogP contribution >= 0.6 is 0 Å². The number of imidazole rings is 1. The van der Waals surface area contributed by atoms with E-state index in [0.29, 0.717) is 0 Å². The van der Waals surface area contributed by atoms with Gasteiger partial charge in [0.2, 0.25) is 0 Å². The van der Waals surface area contributed by atoms with Gasteiger partial charge in [-0.25, -0.2) is 4.98 Å². The molecule has 1 aromatic rings. The van der Waals surface area contributed by atoms with Gasteiger partial charge >= 0.3 is 0 Å². The molecule has 5 nitrogen and oxygen atoms in total. The molecular formula is C13H25N3O2. The molecular weight excluding hydrogens is 230 g/mol. The molecule has 5 heteroatoms. The first kappa shape index (κ1) is 15.1. The quantitative estimate of drug-likeness (QED) is 0.641. The van der Waals surface area contributed by atoms with Crippen LogP contribution in [0.15, 0.2) is 6.20 Å². The second-order valence-corrected chi connectivity index (χ2v) is 4.17. The molecule has 18 heavy (non-hydrogen) atoms. The van der Waals surface area contributed by atoms with E-state index >= 15 is 0 Å². The van der Waals surface area contributed by atoms with Crippen molar-refractivity contribution in [3.05, 3.63) is 17.7 Å². The molecule has 0 fully saturated rings. The molecule has 0 atom stereocenters. The molecule has 0 aromatic carbocycles. The zero-order chi connectivity index (χ0) is 13.2. The van der Waals surface area contributed by atoms with Crippen LogP contribution in [-0.4, -0.2) is 43.0 Å². The van der Waals surface area contributed by atoms with Gasteiger partial charge in [-0.1, -0.05) is 0 Å². The van der Waals surface area contributed by atoms with E-state index in [1.54, 1.807) is 7.11 Å². The van der Waals surface area contributed by atoms with Crippen LogP contribution in [0.2, 0.25) is 0 Å². The summed E-state index contributed by atoms with van der Waals surface area (Å²) in [6.07, 6.45) is 2.96. The molecule has 0 radical (unpaired) electrons. The Morgan fingerprint density at radius 3 is 2.94 bits per heavy atom. The smallest absolute Gasteiger partial charge is 0.105 e. The molecule has 0 bridgehead atoms. The van der Waals surface area contributed by atoms with Gasteiger partial charge in [0, 0.05) is 46.2 Å². The summed E-state index contributed by atoms with van der Waals surface area (Å²) in [6, 6.07) is 0. The predicted octanol–water partition coefficient (Wildman–Crippen LogP) is 1.35. The largest absolute Gasteiger partial charge is 0.383 e. The lowest BCUT2D eigenvalue weighted by Gasteiger charge is -2.11. The zero-order valence-corrected chi connectivity index (χ0v) is 11.7. The minimum atomic E-state index is 0.734. The van der Waals surface area contributed by atoms with E-state index in [0.717, 1.165) is 51.7 Å². The van der Waals surface area contributed by atoms with Crippen molar-refractivity contribution in [2.24, 2.45) is 0 Å². The Balaban J connectivity index is 2.37. The third-order valence-electron chi connectivity index (χ3n) is 2.80. The van der Waals surface area contributed by atoms with Crippen LogP contribution in [0.4, 0.5) is 0 Å². The van der Waals surface area contributed by atoms with Gasteiger partial charge in [0.1, 0.15) is 5.82 Å². The van der Waals surface area contributed by atoms with E-state index in [1.165, 1.54) is 5.69 Å². The lowest BCUT2D eigenvalue weighted by atomic mass is 10.4. The summed E-state index contributed by atoms with van der Waals surface area (Å²) < 4.78 is 12.6. The van der Waals surface area contributed by atoms with Gasteiger partial charge in [-0.05, 0) is 20.3 Å². The fraction of sp³-hybridized carbons (Fsp3) is 0.769. The van der Waals surface area contributed by atoms with Crippen molar-refractivity contribution >= 4 is 0 Å². The van der Waals surface area contributed by atoms with Crippen molar-refractivity contribution in [2.75, 3.05) is 33.5 Å².